The molecule has 0 aliphatic heterocycles. The molecule has 0 spiro atoms. The fourth-order valence-corrected chi connectivity index (χ4v) is 2.31. The summed E-state index contributed by atoms with van der Waals surface area (Å²) in [7, 11) is 0. The van der Waals surface area contributed by atoms with E-state index in [-0.39, 0.29) is 12.7 Å². The third-order valence-corrected chi connectivity index (χ3v) is 3.52. The molecule has 1 atom stereocenters. The van der Waals surface area contributed by atoms with Gasteiger partial charge in [-0.3, -0.25) is 0 Å². The zero-order chi connectivity index (χ0) is 13.1. The molecular weight excluding hydrogens is 292 g/mol. The van der Waals surface area contributed by atoms with Crippen molar-refractivity contribution >= 4 is 15.9 Å². The Morgan fingerprint density at radius 1 is 1.28 bits per heavy atom. The molecule has 1 aliphatic rings. The average Bonchev–Trinajstić information content (AvgIpc) is 2.66. The van der Waals surface area contributed by atoms with Crippen LogP contribution in [0.2, 0.25) is 0 Å². The lowest BCUT2D eigenvalue weighted by atomic mass is 10.0. The van der Waals surface area contributed by atoms with Gasteiger partial charge in [-0.25, -0.2) is 0 Å². The normalized spacial score (nSPS) is 16.4. The van der Waals surface area contributed by atoms with Crippen molar-refractivity contribution in [3.8, 4) is 0 Å². The number of aliphatic hydroxyl groups is 1. The molecule has 18 heavy (non-hydrogen) atoms. The molecule has 0 radical (unpaired) electrons. The van der Waals surface area contributed by atoms with E-state index in [1.165, 1.54) is 5.57 Å². The molecule has 2 nitrogen and oxygen atoms in total. The summed E-state index contributed by atoms with van der Waals surface area (Å²) in [6.07, 6.45) is 16.3. The van der Waals surface area contributed by atoms with E-state index in [4.69, 9.17) is 9.84 Å². The lowest BCUT2D eigenvalue weighted by Crippen LogP contribution is -2.16. The Morgan fingerprint density at radius 3 is 2.94 bits per heavy atom. The number of aliphatic hydroxyl groups excluding tert-OH is 1. The van der Waals surface area contributed by atoms with E-state index >= 15 is 0 Å². The van der Waals surface area contributed by atoms with Crippen LogP contribution in [0.4, 0.5) is 0 Å². The first kappa shape index (κ1) is 15.7. The van der Waals surface area contributed by atoms with Crippen molar-refractivity contribution in [2.45, 2.75) is 38.2 Å². The Hall–Kier alpha value is -0.380. The number of ether oxygens (including phenoxy) is 1. The fourth-order valence-electron chi connectivity index (χ4n) is 1.99. The Kier molecular flexibility index (Phi) is 9.17. The predicted octanol–water partition coefficient (Wildman–Crippen LogP) is 3.76. The van der Waals surface area contributed by atoms with Crippen molar-refractivity contribution in [3.63, 3.8) is 0 Å². The van der Waals surface area contributed by atoms with Gasteiger partial charge in [0.25, 0.3) is 0 Å². The number of rotatable bonds is 9. The first-order valence-electron chi connectivity index (χ1n) is 6.66. The number of alkyl halides is 1. The summed E-state index contributed by atoms with van der Waals surface area (Å²) in [6.45, 7) is 0.560. The van der Waals surface area contributed by atoms with Gasteiger partial charge in [0.15, 0.2) is 0 Å². The number of halogens is 1. The van der Waals surface area contributed by atoms with E-state index < -0.39 is 0 Å². The molecule has 1 N–H and O–H groups in total. The van der Waals surface area contributed by atoms with Crippen LogP contribution in [0.1, 0.15) is 32.1 Å². The molecule has 1 rings (SSSR count). The van der Waals surface area contributed by atoms with Crippen molar-refractivity contribution in [1.29, 1.82) is 0 Å². The number of allylic oxidation sites excluding steroid dienone is 6. The van der Waals surface area contributed by atoms with Crippen LogP contribution >= 0.6 is 15.9 Å². The largest absolute Gasteiger partial charge is 0.394 e. The zero-order valence-corrected chi connectivity index (χ0v) is 12.4. The predicted molar refractivity (Wildman–Crippen MR) is 80.1 cm³/mol. The smallest absolute Gasteiger partial charge is 0.0701 e. The molecule has 0 saturated heterocycles. The second-order valence-electron chi connectivity index (χ2n) is 4.43. The summed E-state index contributed by atoms with van der Waals surface area (Å²) in [4.78, 5) is 0. The molecule has 0 aromatic rings. The van der Waals surface area contributed by atoms with Crippen LogP contribution in [0.3, 0.4) is 0 Å². The first-order valence-corrected chi connectivity index (χ1v) is 7.78. The Bertz CT molecular complexity index is 287. The maximum absolute atomic E-state index is 8.83. The third-order valence-electron chi connectivity index (χ3n) is 2.96. The molecule has 1 aliphatic carbocycles. The van der Waals surface area contributed by atoms with Gasteiger partial charge >= 0.3 is 0 Å². The molecule has 0 aromatic heterocycles. The zero-order valence-electron chi connectivity index (χ0n) is 10.9. The van der Waals surface area contributed by atoms with Crippen LogP contribution < -0.4 is 0 Å². The summed E-state index contributed by atoms with van der Waals surface area (Å²) in [5.74, 6) is 0. The minimum Gasteiger partial charge on any atom is -0.394 e. The topological polar surface area (TPSA) is 29.5 Å². The van der Waals surface area contributed by atoms with Crippen LogP contribution in [0.25, 0.3) is 0 Å². The van der Waals surface area contributed by atoms with Crippen LogP contribution in [-0.2, 0) is 4.74 Å². The number of hydrogen-bond acceptors (Lipinski definition) is 2. The van der Waals surface area contributed by atoms with Crippen molar-refractivity contribution in [2.24, 2.45) is 0 Å². The summed E-state index contributed by atoms with van der Waals surface area (Å²) in [5, 5.41) is 9.84. The molecule has 0 saturated carbocycles. The van der Waals surface area contributed by atoms with Crippen molar-refractivity contribution in [2.75, 3.05) is 18.5 Å². The van der Waals surface area contributed by atoms with Crippen LogP contribution in [0, 0.1) is 0 Å². The van der Waals surface area contributed by atoms with Crippen LogP contribution in [-0.4, -0.2) is 29.8 Å². The maximum atomic E-state index is 8.83. The van der Waals surface area contributed by atoms with E-state index in [1.807, 2.05) is 0 Å². The molecule has 0 fully saturated rings. The quantitative estimate of drug-likeness (QED) is 0.657. The summed E-state index contributed by atoms with van der Waals surface area (Å²) in [5.41, 5.74) is 1.46. The van der Waals surface area contributed by atoms with Crippen molar-refractivity contribution in [1.82, 2.24) is 0 Å². The second kappa shape index (κ2) is 10.5. The highest BCUT2D eigenvalue weighted by molar-refractivity contribution is 9.09. The third kappa shape index (κ3) is 7.14. The highest BCUT2D eigenvalue weighted by Crippen LogP contribution is 2.18. The minimum absolute atomic E-state index is 0.110. The van der Waals surface area contributed by atoms with Gasteiger partial charge in [-0.05, 0) is 32.1 Å². The van der Waals surface area contributed by atoms with Gasteiger partial charge in [0.05, 0.1) is 19.3 Å². The number of hydrogen-bond donors (Lipinski definition) is 1. The lowest BCUT2D eigenvalue weighted by molar-refractivity contribution is 0.0194. The van der Waals surface area contributed by atoms with E-state index in [0.29, 0.717) is 6.61 Å². The maximum Gasteiger partial charge on any atom is 0.0701 e. The highest BCUT2D eigenvalue weighted by atomic mass is 79.9. The molecule has 0 amide bonds. The van der Waals surface area contributed by atoms with E-state index in [0.717, 1.165) is 37.4 Å². The van der Waals surface area contributed by atoms with Crippen molar-refractivity contribution < 1.29 is 9.84 Å². The standard InChI is InChI=1S/C15H23BrO2/c16-11-5-8-15(18-13-12-17)10-9-14-6-3-1-2-4-7-14/h1-4,6,15,17H,5,7-13H2. The summed E-state index contributed by atoms with van der Waals surface area (Å²) < 4.78 is 5.68. The highest BCUT2D eigenvalue weighted by Gasteiger charge is 2.09. The van der Waals surface area contributed by atoms with Gasteiger partial charge in [-0.2, -0.15) is 0 Å². The Balaban J connectivity index is 2.32. The lowest BCUT2D eigenvalue weighted by Gasteiger charge is -2.17. The van der Waals surface area contributed by atoms with Gasteiger partial charge in [0.1, 0.15) is 0 Å². The molecular formula is C15H23BrO2. The van der Waals surface area contributed by atoms with Gasteiger partial charge in [0.2, 0.25) is 0 Å². The molecule has 3 heteroatoms. The van der Waals surface area contributed by atoms with Gasteiger partial charge in [-0.1, -0.05) is 51.9 Å². The molecule has 1 unspecified atom stereocenters. The SMILES string of the molecule is OCCOC(CCCBr)CCC1=CC=CC=CC1. The van der Waals surface area contributed by atoms with Crippen LogP contribution in [0.15, 0.2) is 36.0 Å². The summed E-state index contributed by atoms with van der Waals surface area (Å²) >= 11 is 3.45. The Labute approximate surface area is 119 Å². The van der Waals surface area contributed by atoms with E-state index in [9.17, 15) is 0 Å². The molecule has 0 aromatic carbocycles. The molecule has 0 heterocycles. The van der Waals surface area contributed by atoms with Gasteiger partial charge < -0.3 is 9.84 Å². The summed E-state index contributed by atoms with van der Waals surface area (Å²) in [6, 6.07) is 0. The van der Waals surface area contributed by atoms with E-state index in [2.05, 4.69) is 46.3 Å². The van der Waals surface area contributed by atoms with Crippen molar-refractivity contribution in [3.05, 3.63) is 36.0 Å². The van der Waals surface area contributed by atoms with Gasteiger partial charge in [-0.15, -0.1) is 0 Å². The monoisotopic (exact) mass is 314 g/mol. The minimum atomic E-state index is 0.110. The van der Waals surface area contributed by atoms with Crippen LogP contribution in [0.5, 0.6) is 0 Å². The second-order valence-corrected chi connectivity index (χ2v) is 5.22. The Morgan fingerprint density at radius 2 is 2.17 bits per heavy atom. The molecule has 102 valence electrons. The molecule has 0 bridgehead atoms. The average molecular weight is 315 g/mol. The van der Waals surface area contributed by atoms with Gasteiger partial charge in [0, 0.05) is 5.33 Å². The first-order chi connectivity index (χ1) is 8.86. The fraction of sp³-hybridized carbons (Fsp3) is 0.600. The van der Waals surface area contributed by atoms with E-state index in [1.54, 1.807) is 0 Å².